The van der Waals surface area contributed by atoms with Gasteiger partial charge in [-0.1, -0.05) is 29.8 Å². The molecule has 138 valence electrons. The van der Waals surface area contributed by atoms with E-state index in [9.17, 15) is 18.4 Å². The first-order chi connectivity index (χ1) is 12.4. The Morgan fingerprint density at radius 2 is 1.88 bits per heavy atom. The first-order valence-electron chi connectivity index (χ1n) is 7.64. The molecule has 0 saturated heterocycles. The number of hydrogen-bond donors (Lipinski definition) is 1. The van der Waals surface area contributed by atoms with Crippen LogP contribution in [0.2, 0.25) is 5.02 Å². The van der Waals surface area contributed by atoms with Crippen LogP contribution in [-0.4, -0.2) is 25.1 Å². The molecule has 0 saturated carbocycles. The molecule has 0 aliphatic carbocycles. The fraction of sp³-hybridized carbons (Fsp3) is 0.222. The number of halogens is 3. The van der Waals surface area contributed by atoms with E-state index < -0.39 is 42.8 Å². The lowest BCUT2D eigenvalue weighted by molar-refractivity contribution is -0.150. The SMILES string of the molecule is C[C@@H](NC(=O)COC(=O)COc1ccccc1Cl)c1ccc(F)cc1F. The second-order valence-corrected chi connectivity index (χ2v) is 5.74. The molecule has 1 atom stereocenters. The Balaban J connectivity index is 1.77. The zero-order valence-electron chi connectivity index (χ0n) is 13.8. The van der Waals surface area contributed by atoms with Crippen molar-refractivity contribution < 1.29 is 27.8 Å². The van der Waals surface area contributed by atoms with Gasteiger partial charge in [0.15, 0.2) is 13.2 Å². The van der Waals surface area contributed by atoms with Gasteiger partial charge in [-0.15, -0.1) is 0 Å². The summed E-state index contributed by atoms with van der Waals surface area (Å²) in [4.78, 5) is 23.4. The van der Waals surface area contributed by atoms with Gasteiger partial charge in [0.25, 0.3) is 5.91 Å². The van der Waals surface area contributed by atoms with Gasteiger partial charge in [0.1, 0.15) is 17.4 Å². The Labute approximate surface area is 153 Å². The van der Waals surface area contributed by atoms with Crippen LogP contribution in [0.3, 0.4) is 0 Å². The zero-order chi connectivity index (χ0) is 19.1. The van der Waals surface area contributed by atoms with Crippen LogP contribution in [0.15, 0.2) is 42.5 Å². The highest BCUT2D eigenvalue weighted by Gasteiger charge is 2.16. The molecule has 8 heteroatoms. The maximum absolute atomic E-state index is 13.7. The Hall–Kier alpha value is -2.67. The molecule has 5 nitrogen and oxygen atoms in total. The van der Waals surface area contributed by atoms with Gasteiger partial charge in [-0.2, -0.15) is 0 Å². The summed E-state index contributed by atoms with van der Waals surface area (Å²) in [6.45, 7) is 0.549. The Morgan fingerprint density at radius 3 is 2.58 bits per heavy atom. The molecule has 26 heavy (non-hydrogen) atoms. The standard InChI is InChI=1S/C18H16ClF2NO4/c1-11(13-7-6-12(20)8-15(13)21)22-17(23)9-26-18(24)10-25-16-5-3-2-4-14(16)19/h2-8,11H,9-10H2,1H3,(H,22,23)/t11-/m1/s1. The van der Waals surface area contributed by atoms with E-state index in [1.165, 1.54) is 13.0 Å². The lowest BCUT2D eigenvalue weighted by atomic mass is 10.1. The fourth-order valence-electron chi connectivity index (χ4n) is 2.10. The van der Waals surface area contributed by atoms with Gasteiger partial charge in [0.05, 0.1) is 11.1 Å². The highest BCUT2D eigenvalue weighted by Crippen LogP contribution is 2.23. The largest absolute Gasteiger partial charge is 0.480 e. The van der Waals surface area contributed by atoms with Crippen molar-refractivity contribution in [3.8, 4) is 5.75 Å². The third kappa shape index (κ3) is 5.70. The van der Waals surface area contributed by atoms with Crippen LogP contribution in [0, 0.1) is 11.6 Å². The van der Waals surface area contributed by atoms with Gasteiger partial charge in [-0.3, -0.25) is 4.79 Å². The van der Waals surface area contributed by atoms with Crippen LogP contribution < -0.4 is 10.1 Å². The minimum absolute atomic E-state index is 0.119. The van der Waals surface area contributed by atoms with Crippen molar-refractivity contribution in [2.24, 2.45) is 0 Å². The molecule has 0 fully saturated rings. The Morgan fingerprint density at radius 1 is 1.15 bits per heavy atom. The van der Waals surface area contributed by atoms with Gasteiger partial charge in [0.2, 0.25) is 0 Å². The number of carbonyl (C=O) groups excluding carboxylic acids is 2. The van der Waals surface area contributed by atoms with E-state index in [1.807, 2.05) is 0 Å². The van der Waals surface area contributed by atoms with Gasteiger partial charge in [-0.05, 0) is 25.1 Å². The highest BCUT2D eigenvalue weighted by atomic mass is 35.5. The van der Waals surface area contributed by atoms with Crippen molar-refractivity contribution in [3.05, 3.63) is 64.7 Å². The molecule has 0 spiro atoms. The molecule has 0 bridgehead atoms. The molecule has 0 aliphatic heterocycles. The summed E-state index contributed by atoms with van der Waals surface area (Å²) in [5.41, 5.74) is 0.119. The summed E-state index contributed by atoms with van der Waals surface area (Å²) in [5.74, 6) is -2.57. The lowest BCUT2D eigenvalue weighted by Crippen LogP contribution is -2.32. The van der Waals surface area contributed by atoms with Gasteiger partial charge in [0, 0.05) is 11.6 Å². The van der Waals surface area contributed by atoms with Crippen LogP contribution in [0.25, 0.3) is 0 Å². The molecule has 1 amide bonds. The van der Waals surface area contributed by atoms with E-state index >= 15 is 0 Å². The summed E-state index contributed by atoms with van der Waals surface area (Å²) >= 11 is 5.88. The van der Waals surface area contributed by atoms with E-state index in [-0.39, 0.29) is 5.56 Å². The van der Waals surface area contributed by atoms with Gasteiger partial charge in [-0.25, -0.2) is 13.6 Å². The topological polar surface area (TPSA) is 64.6 Å². The number of rotatable bonds is 7. The molecule has 2 aromatic carbocycles. The van der Waals surface area contributed by atoms with Crippen molar-refractivity contribution in [1.82, 2.24) is 5.32 Å². The maximum atomic E-state index is 13.7. The van der Waals surface area contributed by atoms with Crippen LogP contribution in [0.1, 0.15) is 18.5 Å². The molecular formula is C18H16ClF2NO4. The summed E-state index contributed by atoms with van der Waals surface area (Å²) in [7, 11) is 0. The molecule has 2 rings (SSSR count). The second kappa shape index (κ2) is 9.15. The third-order valence-corrected chi connectivity index (χ3v) is 3.67. The van der Waals surface area contributed by atoms with Crippen LogP contribution in [0.4, 0.5) is 8.78 Å². The molecule has 1 N–H and O–H groups in total. The maximum Gasteiger partial charge on any atom is 0.344 e. The number of nitrogens with one attached hydrogen (secondary N) is 1. The Bertz CT molecular complexity index is 801. The molecule has 0 radical (unpaired) electrons. The number of benzene rings is 2. The predicted octanol–water partition coefficient (Wildman–Crippen LogP) is 3.42. The number of carbonyl (C=O) groups is 2. The monoisotopic (exact) mass is 383 g/mol. The third-order valence-electron chi connectivity index (χ3n) is 3.35. The number of para-hydroxylation sites is 1. The van der Waals surface area contributed by atoms with Crippen LogP contribution >= 0.6 is 11.6 Å². The van der Waals surface area contributed by atoms with Crippen molar-refractivity contribution in [1.29, 1.82) is 0 Å². The minimum Gasteiger partial charge on any atom is -0.480 e. The lowest BCUT2D eigenvalue weighted by Gasteiger charge is -2.15. The average Bonchev–Trinajstić information content (AvgIpc) is 2.59. The normalized spacial score (nSPS) is 11.5. The molecule has 0 heterocycles. The molecule has 2 aromatic rings. The van der Waals surface area contributed by atoms with E-state index in [0.29, 0.717) is 10.8 Å². The van der Waals surface area contributed by atoms with E-state index in [0.717, 1.165) is 12.1 Å². The van der Waals surface area contributed by atoms with Crippen molar-refractivity contribution in [2.45, 2.75) is 13.0 Å². The van der Waals surface area contributed by atoms with Crippen molar-refractivity contribution in [3.63, 3.8) is 0 Å². The second-order valence-electron chi connectivity index (χ2n) is 5.33. The van der Waals surface area contributed by atoms with E-state index in [4.69, 9.17) is 21.1 Å². The predicted molar refractivity (Wildman–Crippen MR) is 90.8 cm³/mol. The Kier molecular flexibility index (Phi) is 6.91. The molecular weight excluding hydrogens is 368 g/mol. The van der Waals surface area contributed by atoms with Crippen molar-refractivity contribution in [2.75, 3.05) is 13.2 Å². The molecule has 0 aliphatic rings. The van der Waals surface area contributed by atoms with E-state index in [2.05, 4.69) is 5.32 Å². The number of amides is 1. The number of ether oxygens (including phenoxy) is 2. The summed E-state index contributed by atoms with van der Waals surface area (Å²) < 4.78 is 36.5. The average molecular weight is 384 g/mol. The minimum atomic E-state index is -0.775. The molecule has 0 aromatic heterocycles. The number of esters is 1. The van der Waals surface area contributed by atoms with Crippen LogP contribution in [-0.2, 0) is 14.3 Å². The van der Waals surface area contributed by atoms with Gasteiger partial charge >= 0.3 is 5.97 Å². The fourth-order valence-corrected chi connectivity index (χ4v) is 2.29. The highest BCUT2D eigenvalue weighted by molar-refractivity contribution is 6.32. The van der Waals surface area contributed by atoms with Gasteiger partial charge < -0.3 is 14.8 Å². The first-order valence-corrected chi connectivity index (χ1v) is 8.02. The summed E-state index contributed by atoms with van der Waals surface area (Å²) in [6.07, 6.45) is 0. The smallest absolute Gasteiger partial charge is 0.344 e. The first kappa shape index (κ1) is 19.7. The zero-order valence-corrected chi connectivity index (χ0v) is 14.6. The summed E-state index contributed by atoms with van der Waals surface area (Å²) in [5, 5.41) is 2.80. The quantitative estimate of drug-likeness (QED) is 0.744. The van der Waals surface area contributed by atoms with E-state index in [1.54, 1.807) is 24.3 Å². The van der Waals surface area contributed by atoms with Crippen molar-refractivity contribution >= 4 is 23.5 Å². The summed E-state index contributed by atoms with van der Waals surface area (Å²) in [6, 6.07) is 8.92. The van der Waals surface area contributed by atoms with Crippen LogP contribution in [0.5, 0.6) is 5.75 Å². The number of hydrogen-bond acceptors (Lipinski definition) is 4. The molecule has 0 unspecified atom stereocenters.